The van der Waals surface area contributed by atoms with Crippen LogP contribution in [0.3, 0.4) is 0 Å². The number of carbonyl (C=O) groups excluding carboxylic acids is 1. The fourth-order valence-electron chi connectivity index (χ4n) is 3.93. The molecule has 25 heavy (non-hydrogen) atoms. The van der Waals surface area contributed by atoms with E-state index < -0.39 is 0 Å². The maximum Gasteiger partial charge on any atom is 0.330 e. The fourth-order valence-corrected chi connectivity index (χ4v) is 3.93. The number of para-hydroxylation sites is 2. The van der Waals surface area contributed by atoms with E-state index in [1.807, 2.05) is 33.7 Å². The Kier molecular flexibility index (Phi) is 4.72. The minimum atomic E-state index is 0.0770. The zero-order valence-corrected chi connectivity index (χ0v) is 14.9. The first-order valence-electron chi connectivity index (χ1n) is 9.34. The molecule has 1 atom stereocenters. The Morgan fingerprint density at radius 3 is 2.80 bits per heavy atom. The zero-order chi connectivity index (χ0) is 17.2. The molecular formula is C19H26N4O2. The van der Waals surface area contributed by atoms with Crippen molar-refractivity contribution >= 4 is 17.1 Å². The lowest BCUT2D eigenvalue weighted by Gasteiger charge is -2.34. The standard InChI is InChI=1S/C19H26N4O2/c1-2-8-22-14-15(7-9-21-10-12-25-13-11-21)18-20-16-5-3-4-6-17(16)23(18)19(22)24/h3-6,15H,2,7-14H2,1H3. The molecule has 1 fully saturated rings. The number of benzene rings is 1. The van der Waals surface area contributed by atoms with Gasteiger partial charge in [0.15, 0.2) is 0 Å². The smallest absolute Gasteiger partial charge is 0.330 e. The molecule has 3 heterocycles. The van der Waals surface area contributed by atoms with Crippen LogP contribution in [0.1, 0.15) is 31.5 Å². The van der Waals surface area contributed by atoms with Gasteiger partial charge in [-0.1, -0.05) is 19.1 Å². The lowest BCUT2D eigenvalue weighted by Crippen LogP contribution is -2.45. The third kappa shape index (κ3) is 3.16. The molecule has 2 aliphatic rings. The molecule has 1 amide bonds. The monoisotopic (exact) mass is 342 g/mol. The molecule has 4 rings (SSSR count). The Balaban J connectivity index is 1.62. The number of ether oxygens (including phenoxy) is 1. The van der Waals surface area contributed by atoms with Crippen molar-refractivity contribution in [3.05, 3.63) is 30.1 Å². The molecule has 134 valence electrons. The molecule has 1 aromatic carbocycles. The summed E-state index contributed by atoms with van der Waals surface area (Å²) in [4.78, 5) is 22.2. The number of fused-ring (bicyclic) bond motifs is 3. The second-order valence-electron chi connectivity index (χ2n) is 6.96. The van der Waals surface area contributed by atoms with E-state index in [9.17, 15) is 4.79 Å². The second kappa shape index (κ2) is 7.14. The average molecular weight is 342 g/mol. The quantitative estimate of drug-likeness (QED) is 0.838. The van der Waals surface area contributed by atoms with Gasteiger partial charge in [0.25, 0.3) is 0 Å². The van der Waals surface area contributed by atoms with Crippen molar-refractivity contribution in [2.75, 3.05) is 45.9 Å². The van der Waals surface area contributed by atoms with Gasteiger partial charge < -0.3 is 9.64 Å². The normalized spacial score (nSPS) is 21.7. The molecule has 0 bridgehead atoms. The van der Waals surface area contributed by atoms with Crippen LogP contribution in [0.4, 0.5) is 4.79 Å². The lowest BCUT2D eigenvalue weighted by atomic mass is 10.0. The van der Waals surface area contributed by atoms with Gasteiger partial charge in [0.1, 0.15) is 5.82 Å². The van der Waals surface area contributed by atoms with Gasteiger partial charge in [0.2, 0.25) is 0 Å². The van der Waals surface area contributed by atoms with E-state index in [4.69, 9.17) is 9.72 Å². The van der Waals surface area contributed by atoms with E-state index in [2.05, 4.69) is 11.8 Å². The van der Waals surface area contributed by atoms with Crippen LogP contribution >= 0.6 is 0 Å². The summed E-state index contributed by atoms with van der Waals surface area (Å²) in [5.41, 5.74) is 1.85. The Morgan fingerprint density at radius 1 is 1.20 bits per heavy atom. The van der Waals surface area contributed by atoms with E-state index in [0.717, 1.165) is 75.6 Å². The zero-order valence-electron chi connectivity index (χ0n) is 14.9. The van der Waals surface area contributed by atoms with E-state index >= 15 is 0 Å². The number of hydrogen-bond donors (Lipinski definition) is 0. The van der Waals surface area contributed by atoms with Crippen LogP contribution < -0.4 is 0 Å². The summed E-state index contributed by atoms with van der Waals surface area (Å²) in [6.07, 6.45) is 2.00. The van der Waals surface area contributed by atoms with Crippen molar-refractivity contribution in [3.63, 3.8) is 0 Å². The first kappa shape index (κ1) is 16.5. The molecule has 1 unspecified atom stereocenters. The Hall–Kier alpha value is -1.92. The number of carbonyl (C=O) groups is 1. The summed E-state index contributed by atoms with van der Waals surface area (Å²) in [6, 6.07) is 8.04. The highest BCUT2D eigenvalue weighted by Crippen LogP contribution is 2.30. The topological polar surface area (TPSA) is 50.6 Å². The highest BCUT2D eigenvalue weighted by molar-refractivity contribution is 5.91. The highest BCUT2D eigenvalue weighted by atomic mass is 16.5. The van der Waals surface area contributed by atoms with Crippen LogP contribution in [0, 0.1) is 0 Å². The summed E-state index contributed by atoms with van der Waals surface area (Å²) in [7, 11) is 0. The van der Waals surface area contributed by atoms with Crippen molar-refractivity contribution in [2.45, 2.75) is 25.7 Å². The number of aromatic nitrogens is 2. The Labute approximate surface area is 148 Å². The van der Waals surface area contributed by atoms with Crippen LogP contribution in [0.5, 0.6) is 0 Å². The number of nitrogens with zero attached hydrogens (tertiary/aromatic N) is 4. The van der Waals surface area contributed by atoms with E-state index in [0.29, 0.717) is 5.92 Å². The molecule has 0 aliphatic carbocycles. The summed E-state index contributed by atoms with van der Waals surface area (Å²) in [5.74, 6) is 1.23. The van der Waals surface area contributed by atoms with Crippen LogP contribution in [0.25, 0.3) is 11.0 Å². The van der Waals surface area contributed by atoms with Crippen molar-refractivity contribution < 1.29 is 9.53 Å². The molecule has 2 aliphatic heterocycles. The Bertz CT molecular complexity index is 751. The first-order valence-corrected chi connectivity index (χ1v) is 9.34. The maximum absolute atomic E-state index is 13.0. The van der Waals surface area contributed by atoms with Gasteiger partial charge in [-0.3, -0.25) is 4.90 Å². The maximum atomic E-state index is 13.0. The summed E-state index contributed by atoms with van der Waals surface area (Å²) in [6.45, 7) is 8.39. The molecule has 6 nitrogen and oxygen atoms in total. The summed E-state index contributed by atoms with van der Waals surface area (Å²) < 4.78 is 7.29. The molecule has 0 N–H and O–H groups in total. The van der Waals surface area contributed by atoms with Crippen molar-refractivity contribution in [1.82, 2.24) is 19.4 Å². The van der Waals surface area contributed by atoms with E-state index in [1.165, 1.54) is 0 Å². The Morgan fingerprint density at radius 2 is 2.00 bits per heavy atom. The number of hydrogen-bond acceptors (Lipinski definition) is 4. The minimum Gasteiger partial charge on any atom is -0.379 e. The van der Waals surface area contributed by atoms with Crippen molar-refractivity contribution in [1.29, 1.82) is 0 Å². The third-order valence-corrected chi connectivity index (χ3v) is 5.25. The van der Waals surface area contributed by atoms with Gasteiger partial charge in [0, 0.05) is 32.1 Å². The fraction of sp³-hybridized carbons (Fsp3) is 0.579. The number of imidazole rings is 1. The van der Waals surface area contributed by atoms with Crippen molar-refractivity contribution in [3.8, 4) is 0 Å². The molecule has 2 aromatic rings. The predicted octanol–water partition coefficient (Wildman–Crippen LogP) is 2.54. The van der Waals surface area contributed by atoms with Gasteiger partial charge in [-0.25, -0.2) is 14.3 Å². The largest absolute Gasteiger partial charge is 0.379 e. The number of amides is 1. The first-order chi connectivity index (χ1) is 12.3. The molecule has 1 saturated heterocycles. The lowest BCUT2D eigenvalue weighted by molar-refractivity contribution is 0.0358. The summed E-state index contributed by atoms with van der Waals surface area (Å²) in [5, 5.41) is 0. The molecule has 6 heteroatoms. The van der Waals surface area contributed by atoms with Gasteiger partial charge in [-0.15, -0.1) is 0 Å². The molecular weight excluding hydrogens is 316 g/mol. The van der Waals surface area contributed by atoms with Gasteiger partial charge >= 0.3 is 6.03 Å². The van der Waals surface area contributed by atoms with Crippen LogP contribution in [-0.4, -0.2) is 71.3 Å². The molecule has 1 aromatic heterocycles. The highest BCUT2D eigenvalue weighted by Gasteiger charge is 2.33. The summed E-state index contributed by atoms with van der Waals surface area (Å²) >= 11 is 0. The molecule has 0 spiro atoms. The van der Waals surface area contributed by atoms with E-state index in [1.54, 1.807) is 0 Å². The minimum absolute atomic E-state index is 0.0770. The molecule has 0 radical (unpaired) electrons. The SMILES string of the molecule is CCCN1CC(CCN2CCOCC2)c2nc3ccccc3n2C1=O. The van der Waals surface area contributed by atoms with Crippen molar-refractivity contribution in [2.24, 2.45) is 0 Å². The molecule has 0 saturated carbocycles. The van der Waals surface area contributed by atoms with Crippen LogP contribution in [-0.2, 0) is 4.74 Å². The average Bonchev–Trinajstić information content (AvgIpc) is 3.04. The van der Waals surface area contributed by atoms with E-state index in [-0.39, 0.29) is 6.03 Å². The number of rotatable bonds is 5. The van der Waals surface area contributed by atoms with Crippen LogP contribution in [0.15, 0.2) is 24.3 Å². The second-order valence-corrected chi connectivity index (χ2v) is 6.96. The van der Waals surface area contributed by atoms with Gasteiger partial charge in [-0.05, 0) is 31.5 Å². The van der Waals surface area contributed by atoms with Gasteiger partial charge in [0.05, 0.1) is 24.2 Å². The predicted molar refractivity (Wildman–Crippen MR) is 97.0 cm³/mol. The number of morpholine rings is 1. The van der Waals surface area contributed by atoms with Crippen LogP contribution in [0.2, 0.25) is 0 Å². The van der Waals surface area contributed by atoms with Gasteiger partial charge in [-0.2, -0.15) is 0 Å². The third-order valence-electron chi connectivity index (χ3n) is 5.25.